The van der Waals surface area contributed by atoms with Crippen molar-refractivity contribution in [2.24, 2.45) is 0 Å². The summed E-state index contributed by atoms with van der Waals surface area (Å²) in [5, 5.41) is 0. The molecule has 1 heterocycles. The standard InChI is InChI=1S/C20H15F2NO3/c1-12-18(20(25)26-2)15(11-13-7-9-14(21)10-8-13)19(24)23(12)17-6-4-3-5-16(17)22/h3-11H,1-2H3/b15-11-. The van der Waals surface area contributed by atoms with Gasteiger partial charge in [0.25, 0.3) is 5.91 Å². The maximum absolute atomic E-state index is 14.2. The van der Waals surface area contributed by atoms with Gasteiger partial charge in [-0.2, -0.15) is 0 Å². The van der Waals surface area contributed by atoms with Gasteiger partial charge in [-0.3, -0.25) is 9.69 Å². The molecule has 1 aliphatic rings. The fourth-order valence-electron chi connectivity index (χ4n) is 2.83. The predicted molar refractivity (Wildman–Crippen MR) is 93.0 cm³/mol. The van der Waals surface area contributed by atoms with Gasteiger partial charge in [0.05, 0.1) is 23.9 Å². The fraction of sp³-hybridized carbons (Fsp3) is 0.100. The van der Waals surface area contributed by atoms with E-state index >= 15 is 0 Å². The molecule has 1 amide bonds. The van der Waals surface area contributed by atoms with Gasteiger partial charge in [-0.25, -0.2) is 13.6 Å². The van der Waals surface area contributed by atoms with Crippen LogP contribution in [-0.2, 0) is 14.3 Å². The number of carbonyl (C=O) groups is 2. The van der Waals surface area contributed by atoms with Gasteiger partial charge in [0.2, 0.25) is 0 Å². The third-order valence-corrected chi connectivity index (χ3v) is 4.06. The van der Waals surface area contributed by atoms with E-state index < -0.39 is 23.5 Å². The summed E-state index contributed by atoms with van der Waals surface area (Å²) in [6, 6.07) is 11.2. The predicted octanol–water partition coefficient (Wildman–Crippen LogP) is 3.84. The summed E-state index contributed by atoms with van der Waals surface area (Å²) in [6.07, 6.45) is 1.46. The first-order valence-electron chi connectivity index (χ1n) is 7.80. The van der Waals surface area contributed by atoms with Crippen molar-refractivity contribution in [1.29, 1.82) is 0 Å². The molecular formula is C20H15F2NO3. The van der Waals surface area contributed by atoms with Crippen LogP contribution in [0.4, 0.5) is 14.5 Å². The highest BCUT2D eigenvalue weighted by Crippen LogP contribution is 2.36. The minimum atomic E-state index is -0.706. The monoisotopic (exact) mass is 355 g/mol. The summed E-state index contributed by atoms with van der Waals surface area (Å²) in [5.41, 5.74) is 0.938. The van der Waals surface area contributed by atoms with Gasteiger partial charge in [-0.1, -0.05) is 24.3 Å². The number of hydrogen-bond acceptors (Lipinski definition) is 3. The minimum Gasteiger partial charge on any atom is -0.465 e. The molecule has 0 atom stereocenters. The van der Waals surface area contributed by atoms with Crippen LogP contribution in [0.3, 0.4) is 0 Å². The normalized spacial score (nSPS) is 15.8. The highest BCUT2D eigenvalue weighted by molar-refractivity contribution is 6.23. The molecule has 0 bridgehead atoms. The van der Waals surface area contributed by atoms with E-state index in [-0.39, 0.29) is 22.5 Å². The van der Waals surface area contributed by atoms with Crippen LogP contribution in [0.1, 0.15) is 12.5 Å². The Morgan fingerprint density at radius 1 is 1.08 bits per heavy atom. The van der Waals surface area contributed by atoms with Gasteiger partial charge in [0, 0.05) is 5.70 Å². The van der Waals surface area contributed by atoms with Crippen LogP contribution < -0.4 is 4.90 Å². The van der Waals surface area contributed by atoms with Gasteiger partial charge in [0.15, 0.2) is 0 Å². The zero-order valence-electron chi connectivity index (χ0n) is 14.1. The van der Waals surface area contributed by atoms with E-state index in [9.17, 15) is 18.4 Å². The Balaban J connectivity index is 2.16. The number of anilines is 1. The molecule has 0 saturated carbocycles. The van der Waals surface area contributed by atoms with Crippen molar-refractivity contribution in [3.05, 3.63) is 82.6 Å². The number of esters is 1. The zero-order chi connectivity index (χ0) is 18.8. The van der Waals surface area contributed by atoms with Crippen LogP contribution in [0.2, 0.25) is 0 Å². The molecule has 0 unspecified atom stereocenters. The second kappa shape index (κ2) is 6.92. The fourth-order valence-corrected chi connectivity index (χ4v) is 2.83. The summed E-state index contributed by atoms with van der Waals surface area (Å²) in [6.45, 7) is 1.54. The Morgan fingerprint density at radius 3 is 2.35 bits per heavy atom. The summed E-state index contributed by atoms with van der Waals surface area (Å²) in [7, 11) is 1.20. The smallest absolute Gasteiger partial charge is 0.340 e. The number of allylic oxidation sites excluding steroid dienone is 1. The number of nitrogens with zero attached hydrogens (tertiary/aromatic N) is 1. The molecule has 0 saturated heterocycles. The van der Waals surface area contributed by atoms with Gasteiger partial charge in [-0.15, -0.1) is 0 Å². The van der Waals surface area contributed by atoms with E-state index in [0.717, 1.165) is 4.90 Å². The lowest BCUT2D eigenvalue weighted by atomic mass is 10.0. The molecule has 3 rings (SSSR count). The SMILES string of the molecule is COC(=O)C1=C(C)N(c2ccccc2F)C(=O)/C1=C\c1ccc(F)cc1. The highest BCUT2D eigenvalue weighted by atomic mass is 19.1. The molecule has 26 heavy (non-hydrogen) atoms. The first-order valence-corrected chi connectivity index (χ1v) is 7.80. The Bertz CT molecular complexity index is 946. The van der Waals surface area contributed by atoms with Crippen molar-refractivity contribution in [1.82, 2.24) is 0 Å². The molecular weight excluding hydrogens is 340 g/mol. The van der Waals surface area contributed by atoms with Crippen LogP contribution >= 0.6 is 0 Å². The van der Waals surface area contributed by atoms with Gasteiger partial charge in [0.1, 0.15) is 11.6 Å². The van der Waals surface area contributed by atoms with Gasteiger partial charge < -0.3 is 4.74 Å². The molecule has 0 radical (unpaired) electrons. The number of ether oxygens (including phenoxy) is 1. The Labute approximate surface area is 149 Å². The molecule has 0 aliphatic carbocycles. The third kappa shape index (κ3) is 3.01. The van der Waals surface area contributed by atoms with Gasteiger partial charge in [-0.05, 0) is 42.8 Å². The van der Waals surface area contributed by atoms with Crippen LogP contribution in [0.15, 0.2) is 65.4 Å². The quantitative estimate of drug-likeness (QED) is 0.621. The lowest BCUT2D eigenvalue weighted by Crippen LogP contribution is -2.25. The number of rotatable bonds is 3. The summed E-state index contributed by atoms with van der Waals surface area (Å²) < 4.78 is 32.1. The topological polar surface area (TPSA) is 46.6 Å². The maximum atomic E-state index is 14.2. The van der Waals surface area contributed by atoms with Crippen molar-refractivity contribution in [2.75, 3.05) is 12.0 Å². The minimum absolute atomic E-state index is 0.0407. The highest BCUT2D eigenvalue weighted by Gasteiger charge is 2.38. The number of methoxy groups -OCH3 is 1. The number of benzene rings is 2. The van der Waals surface area contributed by atoms with Crippen LogP contribution in [0, 0.1) is 11.6 Å². The third-order valence-electron chi connectivity index (χ3n) is 4.06. The number of para-hydroxylation sites is 1. The maximum Gasteiger partial charge on any atom is 0.340 e. The van der Waals surface area contributed by atoms with E-state index in [4.69, 9.17) is 4.74 Å². The summed E-state index contributed by atoms with van der Waals surface area (Å²) in [5.74, 6) is -2.27. The van der Waals surface area contributed by atoms with Crippen molar-refractivity contribution < 1.29 is 23.1 Å². The largest absolute Gasteiger partial charge is 0.465 e. The molecule has 0 aromatic heterocycles. The molecule has 0 spiro atoms. The van der Waals surface area contributed by atoms with Crippen molar-refractivity contribution in [3.63, 3.8) is 0 Å². The summed E-state index contributed by atoms with van der Waals surface area (Å²) in [4.78, 5) is 26.3. The first-order chi connectivity index (χ1) is 12.4. The molecule has 2 aromatic rings. The average molecular weight is 355 g/mol. The number of hydrogen-bond donors (Lipinski definition) is 0. The van der Waals surface area contributed by atoms with Crippen LogP contribution in [0.25, 0.3) is 6.08 Å². The first kappa shape index (κ1) is 17.5. The van der Waals surface area contributed by atoms with Crippen molar-refractivity contribution in [3.8, 4) is 0 Å². The molecule has 2 aromatic carbocycles. The number of carbonyl (C=O) groups excluding carboxylic acids is 2. The van der Waals surface area contributed by atoms with E-state index in [1.165, 1.54) is 55.7 Å². The lowest BCUT2D eigenvalue weighted by Gasteiger charge is -2.18. The van der Waals surface area contributed by atoms with E-state index in [0.29, 0.717) is 5.56 Å². The van der Waals surface area contributed by atoms with Crippen LogP contribution in [0.5, 0.6) is 0 Å². The van der Waals surface area contributed by atoms with E-state index in [2.05, 4.69) is 0 Å². The number of halogens is 2. The lowest BCUT2D eigenvalue weighted by molar-refractivity contribution is -0.136. The molecule has 6 heteroatoms. The molecule has 0 N–H and O–H groups in total. The van der Waals surface area contributed by atoms with E-state index in [1.54, 1.807) is 13.0 Å². The molecule has 132 valence electrons. The molecule has 0 fully saturated rings. The molecule has 1 aliphatic heterocycles. The second-order valence-corrected chi connectivity index (χ2v) is 5.65. The van der Waals surface area contributed by atoms with Crippen molar-refractivity contribution in [2.45, 2.75) is 6.92 Å². The Hall–Kier alpha value is -3.28. The molecule has 4 nitrogen and oxygen atoms in total. The summed E-state index contributed by atoms with van der Waals surface area (Å²) >= 11 is 0. The second-order valence-electron chi connectivity index (χ2n) is 5.65. The zero-order valence-corrected chi connectivity index (χ0v) is 14.1. The average Bonchev–Trinajstić information content (AvgIpc) is 2.87. The van der Waals surface area contributed by atoms with Crippen LogP contribution in [-0.4, -0.2) is 19.0 Å². The Morgan fingerprint density at radius 2 is 1.73 bits per heavy atom. The number of amides is 1. The Kier molecular flexibility index (Phi) is 4.67. The van der Waals surface area contributed by atoms with Gasteiger partial charge >= 0.3 is 5.97 Å². The van der Waals surface area contributed by atoms with Crippen molar-refractivity contribution >= 4 is 23.6 Å². The van der Waals surface area contributed by atoms with E-state index in [1.807, 2.05) is 0 Å².